The lowest BCUT2D eigenvalue weighted by Crippen LogP contribution is -2.50. The van der Waals surface area contributed by atoms with Crippen LogP contribution in [0.15, 0.2) is 24.3 Å². The zero-order valence-corrected chi connectivity index (χ0v) is 13.4. The second kappa shape index (κ2) is 6.38. The van der Waals surface area contributed by atoms with Gasteiger partial charge in [0, 0.05) is 18.9 Å². The van der Waals surface area contributed by atoms with Gasteiger partial charge in [0.25, 0.3) is 0 Å². The fourth-order valence-corrected chi connectivity index (χ4v) is 3.05. The molecule has 4 atom stereocenters. The maximum atomic E-state index is 12.0. The Morgan fingerprint density at radius 1 is 1.40 bits per heavy atom. The molecule has 25 heavy (non-hydrogen) atoms. The van der Waals surface area contributed by atoms with Crippen LogP contribution in [0.25, 0.3) is 6.08 Å². The highest BCUT2D eigenvalue weighted by Gasteiger charge is 2.58. The molecule has 134 valence electrons. The molecule has 3 N–H and O–H groups in total. The first kappa shape index (κ1) is 17.2. The van der Waals surface area contributed by atoms with E-state index in [4.69, 9.17) is 14.2 Å². The average Bonchev–Trinajstić information content (AvgIpc) is 2.81. The first-order valence-electron chi connectivity index (χ1n) is 7.69. The van der Waals surface area contributed by atoms with Gasteiger partial charge in [-0.2, -0.15) is 0 Å². The maximum Gasteiger partial charge on any atom is 0.338 e. The van der Waals surface area contributed by atoms with Crippen molar-refractivity contribution < 1.29 is 39.1 Å². The molecule has 1 aromatic rings. The van der Waals surface area contributed by atoms with Crippen molar-refractivity contribution in [3.63, 3.8) is 0 Å². The summed E-state index contributed by atoms with van der Waals surface area (Å²) in [6.45, 7) is 0. The Morgan fingerprint density at radius 2 is 2.16 bits per heavy atom. The summed E-state index contributed by atoms with van der Waals surface area (Å²) in [6.07, 6.45) is -0.738. The van der Waals surface area contributed by atoms with E-state index in [0.717, 1.165) is 6.08 Å². The van der Waals surface area contributed by atoms with Crippen molar-refractivity contribution in [1.29, 1.82) is 0 Å². The van der Waals surface area contributed by atoms with E-state index in [9.17, 15) is 24.9 Å². The third-order valence-electron chi connectivity index (χ3n) is 4.34. The van der Waals surface area contributed by atoms with E-state index in [-0.39, 0.29) is 24.3 Å². The van der Waals surface area contributed by atoms with Gasteiger partial charge in [-0.3, -0.25) is 0 Å². The fraction of sp³-hybridized carbons (Fsp3) is 0.412. The van der Waals surface area contributed by atoms with Crippen molar-refractivity contribution in [2.24, 2.45) is 0 Å². The quantitative estimate of drug-likeness (QED) is 0.518. The van der Waals surface area contributed by atoms with Gasteiger partial charge in [-0.1, -0.05) is 6.07 Å². The van der Waals surface area contributed by atoms with Crippen molar-refractivity contribution in [2.75, 3.05) is 7.11 Å². The largest absolute Gasteiger partial charge is 0.504 e. The number of methoxy groups -OCH3 is 1. The fourth-order valence-electron chi connectivity index (χ4n) is 3.05. The molecule has 2 fully saturated rings. The molecule has 1 saturated heterocycles. The van der Waals surface area contributed by atoms with Crippen molar-refractivity contribution in [3.8, 4) is 11.5 Å². The van der Waals surface area contributed by atoms with E-state index in [0.29, 0.717) is 5.56 Å². The highest BCUT2D eigenvalue weighted by atomic mass is 16.6. The van der Waals surface area contributed by atoms with Crippen LogP contribution in [-0.4, -0.2) is 58.3 Å². The minimum absolute atomic E-state index is 0.0142. The van der Waals surface area contributed by atoms with Gasteiger partial charge in [-0.05, 0) is 23.8 Å². The van der Waals surface area contributed by atoms with Crippen LogP contribution in [0.1, 0.15) is 18.4 Å². The summed E-state index contributed by atoms with van der Waals surface area (Å²) in [5.41, 5.74) is -1.11. The Bertz CT molecular complexity index is 727. The second-order valence-corrected chi connectivity index (χ2v) is 6.12. The molecule has 1 aliphatic carbocycles. The van der Waals surface area contributed by atoms with Gasteiger partial charge < -0.3 is 29.5 Å². The lowest BCUT2D eigenvalue weighted by molar-refractivity contribution is -0.165. The number of aliphatic hydroxyl groups is 2. The second-order valence-electron chi connectivity index (χ2n) is 6.12. The van der Waals surface area contributed by atoms with Crippen LogP contribution in [-0.2, 0) is 19.1 Å². The number of aliphatic hydroxyl groups excluding tert-OH is 1. The minimum Gasteiger partial charge on any atom is -0.504 e. The molecule has 0 radical (unpaired) electrons. The summed E-state index contributed by atoms with van der Waals surface area (Å²) >= 11 is 0. The van der Waals surface area contributed by atoms with Gasteiger partial charge in [-0.25, -0.2) is 9.59 Å². The van der Waals surface area contributed by atoms with E-state index >= 15 is 0 Å². The number of aromatic hydroxyl groups is 1. The van der Waals surface area contributed by atoms with Gasteiger partial charge in [0.2, 0.25) is 0 Å². The van der Waals surface area contributed by atoms with Crippen molar-refractivity contribution in [2.45, 2.75) is 36.8 Å². The molecular weight excluding hydrogens is 332 g/mol. The number of hydrogen-bond donors (Lipinski definition) is 3. The number of rotatable bonds is 4. The van der Waals surface area contributed by atoms with Gasteiger partial charge >= 0.3 is 11.9 Å². The molecule has 3 rings (SSSR count). The van der Waals surface area contributed by atoms with Crippen LogP contribution in [0.5, 0.6) is 11.5 Å². The number of phenolic OH excluding ortho intramolecular Hbond substituents is 1. The van der Waals surface area contributed by atoms with Crippen LogP contribution in [0, 0.1) is 0 Å². The summed E-state index contributed by atoms with van der Waals surface area (Å²) in [5, 5.41) is 29.6. The van der Waals surface area contributed by atoms with Crippen molar-refractivity contribution in [1.82, 2.24) is 0 Å². The first-order valence-corrected chi connectivity index (χ1v) is 7.69. The normalized spacial score (nSPS) is 31.0. The molecular formula is C17H18O8. The molecule has 1 heterocycles. The molecule has 0 aromatic heterocycles. The highest BCUT2D eigenvalue weighted by Crippen LogP contribution is 2.39. The average molecular weight is 350 g/mol. The molecule has 1 aliphatic heterocycles. The number of carbonyl (C=O) groups excluding carboxylic acids is 2. The summed E-state index contributed by atoms with van der Waals surface area (Å²) in [5.74, 6) is -1.30. The van der Waals surface area contributed by atoms with Gasteiger partial charge in [0.15, 0.2) is 23.2 Å². The highest BCUT2D eigenvalue weighted by molar-refractivity contribution is 5.87. The molecule has 0 amide bonds. The van der Waals surface area contributed by atoms with Crippen LogP contribution in [0.4, 0.5) is 0 Å². The lowest BCUT2D eigenvalue weighted by atomic mass is 9.82. The topological polar surface area (TPSA) is 123 Å². The van der Waals surface area contributed by atoms with Gasteiger partial charge in [0.05, 0.1) is 13.2 Å². The monoisotopic (exact) mass is 350 g/mol. The number of hydrogen-bond acceptors (Lipinski definition) is 8. The summed E-state index contributed by atoms with van der Waals surface area (Å²) < 4.78 is 15.1. The van der Waals surface area contributed by atoms with E-state index < -0.39 is 35.9 Å². The number of fused-ring (bicyclic) bond motifs is 2. The number of esters is 2. The Morgan fingerprint density at radius 3 is 2.88 bits per heavy atom. The lowest BCUT2D eigenvalue weighted by Gasteiger charge is -2.32. The Labute approximate surface area is 143 Å². The summed E-state index contributed by atoms with van der Waals surface area (Å²) in [6, 6.07) is 4.54. The Kier molecular flexibility index (Phi) is 4.40. The maximum absolute atomic E-state index is 12.0. The smallest absolute Gasteiger partial charge is 0.338 e. The molecule has 2 aliphatic rings. The first-order chi connectivity index (χ1) is 11.8. The third-order valence-corrected chi connectivity index (χ3v) is 4.34. The number of carbonyl (C=O) groups is 2. The zero-order valence-electron chi connectivity index (χ0n) is 13.4. The van der Waals surface area contributed by atoms with E-state index in [2.05, 4.69) is 0 Å². The van der Waals surface area contributed by atoms with E-state index in [1.54, 1.807) is 6.07 Å². The van der Waals surface area contributed by atoms with Crippen molar-refractivity contribution >= 4 is 18.0 Å². The third kappa shape index (κ3) is 3.31. The number of benzene rings is 1. The summed E-state index contributed by atoms with van der Waals surface area (Å²) in [4.78, 5) is 23.6. The number of phenols is 1. The van der Waals surface area contributed by atoms with Gasteiger partial charge in [0.1, 0.15) is 6.10 Å². The van der Waals surface area contributed by atoms with Gasteiger partial charge in [-0.15, -0.1) is 0 Å². The summed E-state index contributed by atoms with van der Waals surface area (Å²) in [7, 11) is 1.41. The molecule has 1 unspecified atom stereocenters. The van der Waals surface area contributed by atoms with Crippen LogP contribution >= 0.6 is 0 Å². The predicted octanol–water partition coefficient (Wildman–Crippen LogP) is 0.137. The molecule has 8 nitrogen and oxygen atoms in total. The standard InChI is InChI=1S/C17H18O8/c1-23-12-6-9(2-4-10(12)18)3-5-14(20)25-15-11(19)7-17(22)8-13(15)24-16(17)21/h2-6,11,13,15,18-19,22H,7-8H2,1H3/b5-3+/t11-,13?,15+,17-/m0/s1. The Balaban J connectivity index is 1.66. The van der Waals surface area contributed by atoms with E-state index in [1.165, 1.54) is 25.3 Å². The van der Waals surface area contributed by atoms with Crippen LogP contribution < -0.4 is 4.74 Å². The van der Waals surface area contributed by atoms with Crippen molar-refractivity contribution in [3.05, 3.63) is 29.8 Å². The SMILES string of the molecule is COc1cc(/C=C/C(=O)O[C@H]2C3C[C@@](O)(C[C@@H]2O)C(=O)O3)ccc1O. The van der Waals surface area contributed by atoms with Crippen LogP contribution in [0.3, 0.4) is 0 Å². The molecule has 2 bridgehead atoms. The zero-order chi connectivity index (χ0) is 18.2. The molecule has 1 saturated carbocycles. The Hall–Kier alpha value is -2.58. The molecule has 8 heteroatoms. The predicted molar refractivity (Wildman–Crippen MR) is 83.6 cm³/mol. The van der Waals surface area contributed by atoms with Crippen LogP contribution in [0.2, 0.25) is 0 Å². The minimum atomic E-state index is -1.70. The molecule has 0 spiro atoms. The molecule has 1 aromatic carbocycles. The van der Waals surface area contributed by atoms with E-state index in [1.807, 2.05) is 0 Å². The number of ether oxygens (including phenoxy) is 3.